The summed E-state index contributed by atoms with van der Waals surface area (Å²) in [6.07, 6.45) is 0. The number of β-lactam (4-membered cyclic amide) rings is 1. The molecule has 1 amide bonds. The van der Waals surface area contributed by atoms with Crippen molar-refractivity contribution in [3.05, 3.63) is 52.0 Å². The number of nitrogens with two attached hydrogens (primary N) is 1. The van der Waals surface area contributed by atoms with Gasteiger partial charge in [-0.25, -0.2) is 0 Å². The number of amides is 1. The number of rotatable bonds is 2. The van der Waals surface area contributed by atoms with Crippen LogP contribution in [0.2, 0.25) is 10.0 Å². The molecule has 2 aromatic carbocycles. The largest absolute Gasteiger partial charge is 0.454 e. The lowest BCUT2D eigenvalue weighted by Crippen LogP contribution is -2.63. The zero-order valence-corrected chi connectivity index (χ0v) is 13.3. The second-order valence-corrected chi connectivity index (χ2v) is 6.20. The van der Waals surface area contributed by atoms with Crippen LogP contribution in [0.1, 0.15) is 11.6 Å². The van der Waals surface area contributed by atoms with Gasteiger partial charge in [0.1, 0.15) is 6.04 Å². The normalized spacial score (nSPS) is 22.2. The number of anilines is 1. The third-order valence-electron chi connectivity index (χ3n) is 4.06. The van der Waals surface area contributed by atoms with Crippen LogP contribution in [-0.2, 0) is 4.79 Å². The van der Waals surface area contributed by atoms with E-state index in [4.69, 9.17) is 38.4 Å². The minimum atomic E-state index is -0.607. The Morgan fingerprint density at radius 2 is 1.83 bits per heavy atom. The van der Waals surface area contributed by atoms with Crippen molar-refractivity contribution in [1.82, 2.24) is 0 Å². The fourth-order valence-electron chi connectivity index (χ4n) is 2.89. The Morgan fingerprint density at radius 1 is 1.04 bits per heavy atom. The fourth-order valence-corrected chi connectivity index (χ4v) is 3.18. The first kappa shape index (κ1) is 14.6. The molecule has 0 spiro atoms. The second-order valence-electron chi connectivity index (χ2n) is 5.39. The molecule has 2 atom stereocenters. The van der Waals surface area contributed by atoms with Gasteiger partial charge in [-0.3, -0.25) is 4.79 Å². The van der Waals surface area contributed by atoms with E-state index in [1.54, 1.807) is 23.1 Å². The quantitative estimate of drug-likeness (QED) is 0.845. The molecule has 2 aliphatic rings. The van der Waals surface area contributed by atoms with Crippen LogP contribution >= 0.6 is 23.2 Å². The van der Waals surface area contributed by atoms with E-state index >= 15 is 0 Å². The first-order valence-corrected chi connectivity index (χ1v) is 7.75. The molecule has 1 saturated heterocycles. The predicted octanol–water partition coefficient (Wildman–Crippen LogP) is 3.14. The summed E-state index contributed by atoms with van der Waals surface area (Å²) in [6.45, 7) is 0.199. The Labute approximate surface area is 142 Å². The molecule has 0 unspecified atom stereocenters. The molecular weight excluding hydrogens is 339 g/mol. The van der Waals surface area contributed by atoms with Crippen molar-refractivity contribution in [3.63, 3.8) is 0 Å². The lowest BCUT2D eigenvalue weighted by molar-refractivity contribution is -0.126. The number of nitrogens with zero attached hydrogens (tertiary/aromatic N) is 1. The zero-order valence-electron chi connectivity index (χ0n) is 11.8. The summed E-state index contributed by atoms with van der Waals surface area (Å²) < 4.78 is 10.7. The average Bonchev–Trinajstić information content (AvgIpc) is 3.02. The standard InChI is InChI=1S/C16H12Cl2N2O3/c17-10-3-2-9(6-11(10)18)20-15(14(19)16(20)21)8-1-4-12-13(5-8)23-7-22-12/h1-6,14-15H,7,19H2/t14-,15-/m0/s1. The SMILES string of the molecule is N[C@@H]1C(=O)N(c2ccc(Cl)c(Cl)c2)[C@H]1c1ccc2c(c1)OCO2. The molecule has 7 heteroatoms. The molecule has 1 fully saturated rings. The van der Waals surface area contributed by atoms with Crippen molar-refractivity contribution in [2.45, 2.75) is 12.1 Å². The average molecular weight is 351 g/mol. The van der Waals surface area contributed by atoms with Crippen LogP contribution in [0.5, 0.6) is 11.5 Å². The Balaban J connectivity index is 1.72. The van der Waals surface area contributed by atoms with E-state index in [9.17, 15) is 4.79 Å². The van der Waals surface area contributed by atoms with Gasteiger partial charge in [0.05, 0.1) is 16.1 Å². The van der Waals surface area contributed by atoms with Gasteiger partial charge in [-0.2, -0.15) is 0 Å². The molecule has 23 heavy (non-hydrogen) atoms. The summed E-state index contributed by atoms with van der Waals surface area (Å²) in [6, 6.07) is 9.73. The lowest BCUT2D eigenvalue weighted by Gasteiger charge is -2.45. The van der Waals surface area contributed by atoms with Crippen molar-refractivity contribution in [1.29, 1.82) is 0 Å². The number of carbonyl (C=O) groups excluding carboxylic acids is 1. The van der Waals surface area contributed by atoms with Crippen molar-refractivity contribution in [3.8, 4) is 11.5 Å². The van der Waals surface area contributed by atoms with E-state index < -0.39 is 6.04 Å². The van der Waals surface area contributed by atoms with E-state index in [0.29, 0.717) is 27.2 Å². The minimum absolute atomic E-state index is 0.161. The first-order chi connectivity index (χ1) is 11.1. The molecule has 118 valence electrons. The van der Waals surface area contributed by atoms with Gasteiger partial charge in [-0.15, -0.1) is 0 Å². The minimum Gasteiger partial charge on any atom is -0.454 e. The maximum absolute atomic E-state index is 12.2. The van der Waals surface area contributed by atoms with Gasteiger partial charge in [-0.1, -0.05) is 29.3 Å². The van der Waals surface area contributed by atoms with E-state index in [-0.39, 0.29) is 18.7 Å². The maximum Gasteiger partial charge on any atom is 0.247 e. The molecule has 2 aromatic rings. The highest BCUT2D eigenvalue weighted by atomic mass is 35.5. The molecule has 0 saturated carbocycles. The van der Waals surface area contributed by atoms with Crippen LogP contribution in [0.15, 0.2) is 36.4 Å². The predicted molar refractivity (Wildman–Crippen MR) is 87.2 cm³/mol. The molecule has 5 nitrogen and oxygen atoms in total. The Bertz CT molecular complexity index is 812. The van der Waals surface area contributed by atoms with Crippen LogP contribution in [-0.4, -0.2) is 18.7 Å². The number of carbonyl (C=O) groups is 1. The Hall–Kier alpha value is -1.95. The molecule has 2 aliphatic heterocycles. The third kappa shape index (κ3) is 2.24. The number of fused-ring (bicyclic) bond motifs is 1. The summed E-state index contributed by atoms with van der Waals surface area (Å²) >= 11 is 12.0. The Morgan fingerprint density at radius 3 is 2.61 bits per heavy atom. The van der Waals surface area contributed by atoms with Gasteiger partial charge in [0.2, 0.25) is 12.7 Å². The summed E-state index contributed by atoms with van der Waals surface area (Å²) in [5.41, 5.74) is 7.56. The molecule has 2 heterocycles. The molecule has 0 bridgehead atoms. The number of benzene rings is 2. The van der Waals surface area contributed by atoms with E-state index in [1.807, 2.05) is 18.2 Å². The van der Waals surface area contributed by atoms with E-state index in [2.05, 4.69) is 0 Å². The summed E-state index contributed by atoms with van der Waals surface area (Å²) in [7, 11) is 0. The molecule has 0 aliphatic carbocycles. The van der Waals surface area contributed by atoms with Gasteiger partial charge < -0.3 is 20.1 Å². The topological polar surface area (TPSA) is 64.8 Å². The lowest BCUT2D eigenvalue weighted by atomic mass is 9.88. The van der Waals surface area contributed by atoms with E-state index in [0.717, 1.165) is 5.56 Å². The van der Waals surface area contributed by atoms with Crippen molar-refractivity contribution < 1.29 is 14.3 Å². The molecule has 2 N–H and O–H groups in total. The van der Waals surface area contributed by atoms with Crippen molar-refractivity contribution in [2.75, 3.05) is 11.7 Å². The Kier molecular flexibility index (Phi) is 3.37. The summed E-state index contributed by atoms with van der Waals surface area (Å²) in [5, 5.41) is 0.828. The highest BCUT2D eigenvalue weighted by molar-refractivity contribution is 6.42. The van der Waals surface area contributed by atoms with Gasteiger partial charge in [-0.05, 0) is 35.9 Å². The van der Waals surface area contributed by atoms with Crippen LogP contribution < -0.4 is 20.1 Å². The smallest absolute Gasteiger partial charge is 0.247 e. The van der Waals surface area contributed by atoms with Gasteiger partial charge in [0, 0.05) is 5.69 Å². The number of halogens is 2. The maximum atomic E-state index is 12.2. The zero-order chi connectivity index (χ0) is 16.1. The second kappa shape index (κ2) is 5.30. The van der Waals surface area contributed by atoms with Crippen LogP contribution in [0.25, 0.3) is 0 Å². The molecule has 4 rings (SSSR count). The van der Waals surface area contributed by atoms with Crippen LogP contribution in [0.4, 0.5) is 5.69 Å². The third-order valence-corrected chi connectivity index (χ3v) is 4.80. The van der Waals surface area contributed by atoms with Crippen molar-refractivity contribution in [2.24, 2.45) is 5.73 Å². The van der Waals surface area contributed by atoms with Crippen LogP contribution in [0, 0.1) is 0 Å². The highest BCUT2D eigenvalue weighted by Gasteiger charge is 2.47. The fraction of sp³-hybridized carbons (Fsp3) is 0.188. The molecule has 0 radical (unpaired) electrons. The molecular formula is C16H12Cl2N2O3. The van der Waals surface area contributed by atoms with Gasteiger partial charge in [0.15, 0.2) is 11.5 Å². The highest BCUT2D eigenvalue weighted by Crippen LogP contribution is 2.43. The summed E-state index contributed by atoms with van der Waals surface area (Å²) in [4.78, 5) is 13.9. The first-order valence-electron chi connectivity index (χ1n) is 6.99. The number of hydrogen-bond donors (Lipinski definition) is 1. The van der Waals surface area contributed by atoms with E-state index in [1.165, 1.54) is 0 Å². The van der Waals surface area contributed by atoms with Crippen LogP contribution in [0.3, 0.4) is 0 Å². The van der Waals surface area contributed by atoms with Gasteiger partial charge >= 0.3 is 0 Å². The number of hydrogen-bond acceptors (Lipinski definition) is 4. The number of ether oxygens (including phenoxy) is 2. The van der Waals surface area contributed by atoms with Gasteiger partial charge in [0.25, 0.3) is 0 Å². The van der Waals surface area contributed by atoms with Crippen molar-refractivity contribution >= 4 is 34.8 Å². The molecule has 0 aromatic heterocycles. The monoisotopic (exact) mass is 350 g/mol. The summed E-state index contributed by atoms with van der Waals surface area (Å²) in [5.74, 6) is 1.18.